The van der Waals surface area contributed by atoms with Crippen molar-refractivity contribution in [3.05, 3.63) is 95.6 Å². The second-order valence-corrected chi connectivity index (χ2v) is 5.63. The molecule has 0 aliphatic heterocycles. The van der Waals surface area contributed by atoms with Crippen molar-refractivity contribution in [3.8, 4) is 0 Å². The van der Waals surface area contributed by atoms with Crippen molar-refractivity contribution < 1.29 is 0 Å². The summed E-state index contributed by atoms with van der Waals surface area (Å²) in [4.78, 5) is 7.42. The van der Waals surface area contributed by atoms with Crippen molar-refractivity contribution in [2.75, 3.05) is 0 Å². The third kappa shape index (κ3) is 2.60. The Bertz CT molecular complexity index is 739. The van der Waals surface area contributed by atoms with Crippen LogP contribution >= 0.6 is 0 Å². The summed E-state index contributed by atoms with van der Waals surface area (Å²) >= 11 is 0. The number of hydrogen-bond donors (Lipinski definition) is 1. The molecular formula is C20H20N2. The Morgan fingerprint density at radius 1 is 0.955 bits per heavy atom. The van der Waals surface area contributed by atoms with Crippen molar-refractivity contribution in [1.29, 1.82) is 0 Å². The molecule has 2 aromatic carbocycles. The number of aryl methyl sites for hydroxylation is 2. The molecule has 1 N–H and O–H groups in total. The van der Waals surface area contributed by atoms with Gasteiger partial charge in [0.15, 0.2) is 0 Å². The molecule has 0 fully saturated rings. The SMILES string of the molecule is C=C(c1c[nH]cn1)C(c1ccccc1C)c1ccccc1C. The van der Waals surface area contributed by atoms with E-state index in [2.05, 4.69) is 78.9 Å². The number of allylic oxidation sites excluding steroid dienone is 1. The maximum Gasteiger partial charge on any atom is 0.0927 e. The molecule has 1 aromatic heterocycles. The lowest BCUT2D eigenvalue weighted by atomic mass is 9.80. The summed E-state index contributed by atoms with van der Waals surface area (Å²) in [7, 11) is 0. The first kappa shape index (κ1) is 14.3. The van der Waals surface area contributed by atoms with Gasteiger partial charge in [0.2, 0.25) is 0 Å². The van der Waals surface area contributed by atoms with Crippen LogP contribution in [0, 0.1) is 13.8 Å². The van der Waals surface area contributed by atoms with Crippen molar-refractivity contribution in [2.24, 2.45) is 0 Å². The van der Waals surface area contributed by atoms with Crippen LogP contribution in [-0.2, 0) is 0 Å². The minimum absolute atomic E-state index is 0.116. The van der Waals surface area contributed by atoms with Gasteiger partial charge in [0, 0.05) is 12.1 Å². The van der Waals surface area contributed by atoms with Gasteiger partial charge in [0.05, 0.1) is 12.0 Å². The zero-order valence-electron chi connectivity index (χ0n) is 13.0. The van der Waals surface area contributed by atoms with Gasteiger partial charge in [-0.05, 0) is 41.7 Å². The van der Waals surface area contributed by atoms with E-state index in [4.69, 9.17) is 0 Å². The molecule has 1 heterocycles. The smallest absolute Gasteiger partial charge is 0.0927 e. The zero-order chi connectivity index (χ0) is 15.5. The van der Waals surface area contributed by atoms with Gasteiger partial charge in [0.1, 0.15) is 0 Å². The van der Waals surface area contributed by atoms with Crippen LogP contribution in [0.4, 0.5) is 0 Å². The molecule has 0 spiro atoms. The first-order valence-electron chi connectivity index (χ1n) is 7.47. The second kappa shape index (κ2) is 6.02. The van der Waals surface area contributed by atoms with Gasteiger partial charge in [-0.15, -0.1) is 0 Å². The predicted octanol–water partition coefficient (Wildman–Crippen LogP) is 4.87. The lowest BCUT2D eigenvalue weighted by Crippen LogP contribution is -2.07. The summed E-state index contributed by atoms with van der Waals surface area (Å²) in [6.45, 7) is 8.65. The summed E-state index contributed by atoms with van der Waals surface area (Å²) in [5.41, 5.74) is 7.04. The van der Waals surface area contributed by atoms with Gasteiger partial charge >= 0.3 is 0 Å². The van der Waals surface area contributed by atoms with Crippen LogP contribution in [0.15, 0.2) is 67.6 Å². The minimum atomic E-state index is 0.116. The van der Waals surface area contributed by atoms with E-state index in [-0.39, 0.29) is 5.92 Å². The molecule has 0 aliphatic rings. The van der Waals surface area contributed by atoms with Crippen LogP contribution in [-0.4, -0.2) is 9.97 Å². The Labute approximate surface area is 131 Å². The standard InChI is InChI=1S/C20H20N2/c1-14-8-4-6-10-17(14)20(16(3)19-12-21-13-22-19)18-11-7-5-9-15(18)2/h4-13,20H,3H2,1-2H3,(H,21,22). The van der Waals surface area contributed by atoms with Crippen molar-refractivity contribution >= 4 is 5.57 Å². The monoisotopic (exact) mass is 288 g/mol. The Morgan fingerprint density at radius 2 is 1.50 bits per heavy atom. The van der Waals surface area contributed by atoms with Crippen LogP contribution < -0.4 is 0 Å². The van der Waals surface area contributed by atoms with Gasteiger partial charge in [0.25, 0.3) is 0 Å². The molecular weight excluding hydrogens is 268 g/mol. The number of nitrogens with one attached hydrogen (secondary N) is 1. The van der Waals surface area contributed by atoms with E-state index in [0.717, 1.165) is 11.3 Å². The van der Waals surface area contributed by atoms with Crippen LogP contribution in [0.1, 0.15) is 33.9 Å². The molecule has 0 unspecified atom stereocenters. The second-order valence-electron chi connectivity index (χ2n) is 5.63. The number of imidazole rings is 1. The topological polar surface area (TPSA) is 28.7 Å². The van der Waals surface area contributed by atoms with E-state index in [1.54, 1.807) is 6.33 Å². The molecule has 2 heteroatoms. The van der Waals surface area contributed by atoms with E-state index in [1.807, 2.05) is 6.20 Å². The molecule has 3 rings (SSSR count). The molecule has 0 radical (unpaired) electrons. The first-order chi connectivity index (χ1) is 10.7. The van der Waals surface area contributed by atoms with E-state index in [0.29, 0.717) is 0 Å². The Kier molecular flexibility index (Phi) is 3.92. The fourth-order valence-corrected chi connectivity index (χ4v) is 2.95. The van der Waals surface area contributed by atoms with Gasteiger partial charge in [-0.25, -0.2) is 4.98 Å². The van der Waals surface area contributed by atoms with E-state index >= 15 is 0 Å². The number of H-pyrrole nitrogens is 1. The Balaban J connectivity index is 2.17. The highest BCUT2D eigenvalue weighted by atomic mass is 14.9. The van der Waals surface area contributed by atoms with Crippen molar-refractivity contribution in [3.63, 3.8) is 0 Å². The number of aromatic amines is 1. The summed E-state index contributed by atoms with van der Waals surface area (Å²) in [5, 5.41) is 0. The first-order valence-corrected chi connectivity index (χ1v) is 7.47. The van der Waals surface area contributed by atoms with Gasteiger partial charge in [-0.3, -0.25) is 0 Å². The molecule has 3 aromatic rings. The lowest BCUT2D eigenvalue weighted by Gasteiger charge is -2.23. The van der Waals surface area contributed by atoms with Crippen LogP contribution in [0.25, 0.3) is 5.57 Å². The van der Waals surface area contributed by atoms with E-state index in [1.165, 1.54) is 22.3 Å². The molecule has 22 heavy (non-hydrogen) atoms. The number of benzene rings is 2. The predicted molar refractivity (Wildman–Crippen MR) is 91.8 cm³/mol. The summed E-state index contributed by atoms with van der Waals surface area (Å²) in [5.74, 6) is 0.116. The number of hydrogen-bond acceptors (Lipinski definition) is 1. The quantitative estimate of drug-likeness (QED) is 0.729. The van der Waals surface area contributed by atoms with Gasteiger partial charge in [-0.2, -0.15) is 0 Å². The van der Waals surface area contributed by atoms with Gasteiger partial charge in [-0.1, -0.05) is 55.1 Å². The highest BCUT2D eigenvalue weighted by Crippen LogP contribution is 2.38. The fourth-order valence-electron chi connectivity index (χ4n) is 2.95. The average molecular weight is 288 g/mol. The minimum Gasteiger partial charge on any atom is -0.351 e. The molecule has 0 amide bonds. The highest BCUT2D eigenvalue weighted by molar-refractivity contribution is 5.72. The number of rotatable bonds is 4. The van der Waals surface area contributed by atoms with Crippen LogP contribution in [0.3, 0.4) is 0 Å². The van der Waals surface area contributed by atoms with Crippen molar-refractivity contribution in [2.45, 2.75) is 19.8 Å². The van der Waals surface area contributed by atoms with E-state index in [9.17, 15) is 0 Å². The average Bonchev–Trinajstić information content (AvgIpc) is 3.05. The largest absolute Gasteiger partial charge is 0.351 e. The number of aromatic nitrogens is 2. The normalized spacial score (nSPS) is 10.9. The number of nitrogens with zero attached hydrogens (tertiary/aromatic N) is 1. The van der Waals surface area contributed by atoms with Gasteiger partial charge < -0.3 is 4.98 Å². The maximum absolute atomic E-state index is 4.39. The van der Waals surface area contributed by atoms with Crippen LogP contribution in [0.2, 0.25) is 0 Å². The molecule has 0 atom stereocenters. The summed E-state index contributed by atoms with van der Waals surface area (Å²) in [6.07, 6.45) is 3.61. The molecule has 0 aliphatic carbocycles. The Hall–Kier alpha value is -2.61. The highest BCUT2D eigenvalue weighted by Gasteiger charge is 2.22. The molecule has 110 valence electrons. The molecule has 2 nitrogen and oxygen atoms in total. The Morgan fingerprint density at radius 3 is 1.95 bits per heavy atom. The summed E-state index contributed by atoms with van der Waals surface area (Å²) in [6, 6.07) is 17.0. The van der Waals surface area contributed by atoms with E-state index < -0.39 is 0 Å². The molecule has 0 saturated carbocycles. The lowest BCUT2D eigenvalue weighted by molar-refractivity contribution is 1.00. The molecule has 0 saturated heterocycles. The third-order valence-electron chi connectivity index (χ3n) is 4.17. The molecule has 0 bridgehead atoms. The maximum atomic E-state index is 4.39. The van der Waals surface area contributed by atoms with Crippen molar-refractivity contribution in [1.82, 2.24) is 9.97 Å². The summed E-state index contributed by atoms with van der Waals surface area (Å²) < 4.78 is 0. The third-order valence-corrected chi connectivity index (χ3v) is 4.17. The zero-order valence-corrected chi connectivity index (χ0v) is 13.0. The fraction of sp³-hybridized carbons (Fsp3) is 0.150. The van der Waals surface area contributed by atoms with Crippen LogP contribution in [0.5, 0.6) is 0 Å².